The highest BCUT2D eigenvalue weighted by Crippen LogP contribution is 2.43. The van der Waals surface area contributed by atoms with Gasteiger partial charge in [0.2, 0.25) is 45.4 Å². The number of fused-ring (bicyclic) bond motifs is 6. The number of aromatic nitrogens is 7. The Hall–Kier alpha value is -7.42. The third-order valence-electron chi connectivity index (χ3n) is 14.9. The van der Waals surface area contributed by atoms with Crippen molar-refractivity contribution in [3.8, 4) is 34.1 Å². The summed E-state index contributed by atoms with van der Waals surface area (Å²) in [5.41, 5.74) is 2.44. The van der Waals surface area contributed by atoms with Crippen LogP contribution in [-0.4, -0.2) is 147 Å². The highest BCUT2D eigenvalue weighted by atomic mass is 32.2. The van der Waals surface area contributed by atoms with Gasteiger partial charge in [-0.3, -0.25) is 28.7 Å². The van der Waals surface area contributed by atoms with Gasteiger partial charge < -0.3 is 54.8 Å². The minimum atomic E-state index is -3.54. The van der Waals surface area contributed by atoms with Crippen molar-refractivity contribution in [3.05, 3.63) is 69.4 Å². The number of sulfone groups is 1. The molecule has 4 amide bonds. The minimum absolute atomic E-state index is 0.0155. The topological polar surface area (TPSA) is 319 Å². The molecule has 0 fully saturated rings. The molecule has 8 rings (SSSR count). The Labute approximate surface area is 469 Å². The van der Waals surface area contributed by atoms with Gasteiger partial charge in [0.05, 0.1) is 41.8 Å². The van der Waals surface area contributed by atoms with Crippen LogP contribution >= 0.6 is 0 Å². The first-order chi connectivity index (χ1) is 38.8. The predicted octanol–water partition coefficient (Wildman–Crippen LogP) is 2.80. The number of carbonyl (C=O) groups excluding carboxylic acids is 5. The maximum atomic E-state index is 14.0. The molecule has 1 aromatic carbocycles. The highest BCUT2D eigenvalue weighted by molar-refractivity contribution is 7.90. The Balaban J connectivity index is 0.811. The quantitative estimate of drug-likeness (QED) is 0.0195. The fraction of sp³-hybridized carbons (Fsp3) is 0.545. The van der Waals surface area contributed by atoms with Crippen molar-refractivity contribution in [2.75, 3.05) is 52.6 Å². The normalized spacial score (nSPS) is 15.9. The number of cyclic esters (lactones) is 1. The summed E-state index contributed by atoms with van der Waals surface area (Å²) < 4.78 is 49.1. The fourth-order valence-corrected chi connectivity index (χ4v) is 10.7. The molecule has 0 saturated carbocycles. The number of aryl methyl sites for hydroxylation is 2. The van der Waals surface area contributed by atoms with E-state index in [-0.39, 0.29) is 86.3 Å². The summed E-state index contributed by atoms with van der Waals surface area (Å²) in [6, 6.07) is 3.43. The molecule has 25 nitrogen and oxygen atoms in total. The summed E-state index contributed by atoms with van der Waals surface area (Å²) in [6.45, 7) is 12.2. The van der Waals surface area contributed by atoms with Crippen molar-refractivity contribution in [3.63, 3.8) is 0 Å². The molecular weight excluding hydrogens is 1070 g/mol. The molecule has 81 heavy (non-hydrogen) atoms. The molecule has 3 aliphatic heterocycles. The lowest BCUT2D eigenvalue weighted by molar-refractivity contribution is -0.172. The number of nitrogens with one attached hydrogen (secondary N) is 4. The van der Waals surface area contributed by atoms with Gasteiger partial charge in [0.1, 0.15) is 31.1 Å². The third kappa shape index (κ3) is 14.0. The van der Waals surface area contributed by atoms with E-state index in [4.69, 9.17) is 23.9 Å². The molecule has 3 aliphatic rings. The van der Waals surface area contributed by atoms with E-state index in [9.17, 15) is 42.3 Å². The average molecular weight is 1140 g/mol. The van der Waals surface area contributed by atoms with Crippen molar-refractivity contribution in [2.45, 2.75) is 141 Å². The summed E-state index contributed by atoms with van der Waals surface area (Å²) in [6.07, 6.45) is 10.3. The monoisotopic (exact) mass is 1140 g/mol. The van der Waals surface area contributed by atoms with Gasteiger partial charge in [-0.15, -0.1) is 5.10 Å². The van der Waals surface area contributed by atoms with Crippen molar-refractivity contribution in [1.29, 1.82) is 0 Å². The van der Waals surface area contributed by atoms with Gasteiger partial charge in [-0.05, 0) is 94.6 Å². The molecule has 0 saturated heterocycles. The molecule has 3 atom stereocenters. The number of esters is 1. The van der Waals surface area contributed by atoms with Gasteiger partial charge in [-0.1, -0.05) is 46.3 Å². The summed E-state index contributed by atoms with van der Waals surface area (Å²) in [5, 5.41) is 31.2. The zero-order chi connectivity index (χ0) is 58.0. The van der Waals surface area contributed by atoms with Crippen LogP contribution in [0.1, 0.15) is 115 Å². The number of ether oxygens (including phenoxy) is 4. The largest absolute Gasteiger partial charge is 0.458 e. The second-order valence-corrected chi connectivity index (χ2v) is 22.7. The molecule has 7 heterocycles. The van der Waals surface area contributed by atoms with Crippen LogP contribution in [-0.2, 0) is 75.0 Å². The molecule has 26 heteroatoms. The summed E-state index contributed by atoms with van der Waals surface area (Å²) in [4.78, 5) is 95.6. The van der Waals surface area contributed by atoms with E-state index in [1.165, 1.54) is 12.4 Å². The first-order valence-electron chi connectivity index (χ1n) is 27.6. The molecule has 0 bridgehead atoms. The maximum absolute atomic E-state index is 14.0. The van der Waals surface area contributed by atoms with Crippen molar-refractivity contribution >= 4 is 50.3 Å². The zero-order valence-electron chi connectivity index (χ0n) is 46.7. The van der Waals surface area contributed by atoms with Crippen LogP contribution in [0.5, 0.6) is 11.5 Å². The number of carbonyl (C=O) groups is 5. The molecule has 436 valence electrons. The highest BCUT2D eigenvalue weighted by Gasteiger charge is 2.45. The molecule has 0 spiro atoms. The number of rotatable bonds is 29. The summed E-state index contributed by atoms with van der Waals surface area (Å²) >= 11 is 0. The van der Waals surface area contributed by atoms with E-state index >= 15 is 0 Å². The van der Waals surface area contributed by atoms with Crippen LogP contribution in [0.15, 0.2) is 46.7 Å². The number of hydrogen-bond donors (Lipinski definition) is 5. The van der Waals surface area contributed by atoms with E-state index in [0.29, 0.717) is 91.2 Å². The van der Waals surface area contributed by atoms with Crippen LogP contribution in [0.25, 0.3) is 33.5 Å². The third-order valence-corrected chi connectivity index (χ3v) is 15.8. The van der Waals surface area contributed by atoms with Gasteiger partial charge in [0.25, 0.3) is 5.56 Å². The Morgan fingerprint density at radius 2 is 1.64 bits per heavy atom. The van der Waals surface area contributed by atoms with Crippen LogP contribution in [0.3, 0.4) is 0 Å². The molecule has 0 radical (unpaired) electrons. The molecule has 5 N–H and O–H groups in total. The van der Waals surface area contributed by atoms with E-state index in [2.05, 4.69) is 60.3 Å². The number of aliphatic hydroxyl groups is 1. The number of unbranched alkanes of at least 4 members (excludes halogenated alkanes) is 3. The lowest BCUT2D eigenvalue weighted by Gasteiger charge is -2.31. The first kappa shape index (κ1) is 59.7. The Bertz CT molecular complexity index is 3310. The Morgan fingerprint density at radius 3 is 2.36 bits per heavy atom. The molecule has 4 aromatic heterocycles. The number of hydrogen-bond acceptors (Lipinski definition) is 19. The SMILES string of the molecule is CCN(CC)CCCCC(NC(=O)C(NC(=O)CCCCCn1cc(-c2cnc(S(C)(=O)=O)nc2)nn1)C(C)C)C(=O)NCC(=O)NCOCCCc1c2c(nc3cc4c(cc13)OCO4)-c1cc3c(c(=O)n1C2)COC(=O)[C@]3(O)CC. The van der Waals surface area contributed by atoms with E-state index in [0.717, 1.165) is 48.8 Å². The van der Waals surface area contributed by atoms with Crippen LogP contribution in [0, 0.1) is 5.92 Å². The Morgan fingerprint density at radius 1 is 0.889 bits per heavy atom. The minimum Gasteiger partial charge on any atom is -0.458 e. The lowest BCUT2D eigenvalue weighted by atomic mass is 9.86. The van der Waals surface area contributed by atoms with Gasteiger partial charge >= 0.3 is 5.97 Å². The van der Waals surface area contributed by atoms with Crippen molar-refractivity contribution in [1.82, 2.24) is 60.7 Å². The number of pyridine rings is 2. The van der Waals surface area contributed by atoms with Crippen molar-refractivity contribution in [2.24, 2.45) is 5.92 Å². The van der Waals surface area contributed by atoms with Gasteiger partial charge in [0.15, 0.2) is 17.1 Å². The molecule has 2 unspecified atom stereocenters. The second-order valence-electron chi connectivity index (χ2n) is 20.8. The predicted molar refractivity (Wildman–Crippen MR) is 294 cm³/mol. The molecule has 5 aromatic rings. The number of benzene rings is 1. The van der Waals surface area contributed by atoms with Crippen LogP contribution < -0.4 is 36.3 Å². The van der Waals surface area contributed by atoms with Crippen LogP contribution in [0.4, 0.5) is 0 Å². The van der Waals surface area contributed by atoms with E-state index in [1.807, 2.05) is 19.9 Å². The second kappa shape index (κ2) is 26.4. The van der Waals surface area contributed by atoms with Gasteiger partial charge in [-0.2, -0.15) is 0 Å². The molecular formula is C55H72N12O13S. The summed E-state index contributed by atoms with van der Waals surface area (Å²) in [5.74, 6) is -1.89. The zero-order valence-corrected chi connectivity index (χ0v) is 47.5. The first-order valence-corrected chi connectivity index (χ1v) is 29.5. The standard InChI is InChI=1S/C55H72N12O13S/c1-7-55(74)39-23-43-49-37(28-67(43)52(72)38(39)30-78-53(55)73)35(36-22-44-45(80-32-79-44)24-41(36)60-49)16-15-21-77-31-59-47(69)27-56-50(70)40(17-12-14-19-65(8-2)9-3)61-51(71)48(33(4)5)62-46(68)18-11-10-13-20-66-29-42(63-64-66)34-25-57-54(58-26-34)81(6,75)76/h22-26,29,33,40,48,74H,7-21,27-28,30-32H2,1-6H3,(H,56,70)(H,59,69)(H,61,71)(H,62,68)/t40?,48?,55-/m0/s1. The fourth-order valence-electron chi connectivity index (χ4n) is 10.2. The number of amides is 4. The number of nitrogens with zero attached hydrogens (tertiary/aromatic N) is 8. The van der Waals surface area contributed by atoms with E-state index in [1.54, 1.807) is 34.5 Å². The molecule has 0 aliphatic carbocycles. The van der Waals surface area contributed by atoms with Crippen LogP contribution in [0.2, 0.25) is 0 Å². The average Bonchev–Trinajstić information content (AvgIpc) is 4.25. The summed E-state index contributed by atoms with van der Waals surface area (Å²) in [7, 11) is -3.54. The lowest BCUT2D eigenvalue weighted by Crippen LogP contribution is -2.56. The maximum Gasteiger partial charge on any atom is 0.343 e. The van der Waals surface area contributed by atoms with Gasteiger partial charge in [0, 0.05) is 66.4 Å². The Kier molecular flexibility index (Phi) is 19.5. The van der Waals surface area contributed by atoms with Crippen molar-refractivity contribution < 1.29 is 56.4 Å². The van der Waals surface area contributed by atoms with E-state index < -0.39 is 51.2 Å². The van der Waals surface area contributed by atoms with Gasteiger partial charge in [-0.25, -0.2) is 28.2 Å². The smallest absolute Gasteiger partial charge is 0.343 e.